The third-order valence-electron chi connectivity index (χ3n) is 4.18. The standard InChI is InChI=1S/C22H29F2N3O3/c1-22(2,3)30-21(29)27-19(10-15-7-16(23)11-17(24)8-15)20(28)13-26-12-14-5-4-6-18(25)9-14/h4-9,11,19-20,26,28H,10,12-13,25H2,1-3H3,(H,27,29)/t19-,20+/m0/s1. The highest BCUT2D eigenvalue weighted by atomic mass is 19.1. The van der Waals surface area contributed by atoms with E-state index in [0.717, 1.165) is 11.6 Å². The summed E-state index contributed by atoms with van der Waals surface area (Å²) in [6.45, 7) is 5.73. The van der Waals surface area contributed by atoms with Crippen LogP contribution in [0.25, 0.3) is 0 Å². The number of ether oxygens (including phenoxy) is 1. The summed E-state index contributed by atoms with van der Waals surface area (Å²) in [5.74, 6) is -1.45. The van der Waals surface area contributed by atoms with E-state index in [4.69, 9.17) is 10.5 Å². The van der Waals surface area contributed by atoms with Crippen molar-refractivity contribution in [1.29, 1.82) is 0 Å². The summed E-state index contributed by atoms with van der Waals surface area (Å²) in [6.07, 6.45) is -1.74. The second-order valence-electron chi connectivity index (χ2n) is 8.18. The molecule has 0 saturated carbocycles. The molecule has 8 heteroatoms. The molecule has 1 amide bonds. The van der Waals surface area contributed by atoms with Crippen LogP contribution in [0.5, 0.6) is 0 Å². The highest BCUT2D eigenvalue weighted by Gasteiger charge is 2.25. The van der Waals surface area contributed by atoms with Gasteiger partial charge in [0, 0.05) is 24.8 Å². The van der Waals surface area contributed by atoms with Crippen molar-refractivity contribution in [2.24, 2.45) is 0 Å². The van der Waals surface area contributed by atoms with Crippen LogP contribution in [-0.2, 0) is 17.7 Å². The number of carbonyl (C=O) groups is 1. The van der Waals surface area contributed by atoms with E-state index in [0.29, 0.717) is 17.8 Å². The molecule has 2 aromatic carbocycles. The highest BCUT2D eigenvalue weighted by molar-refractivity contribution is 5.68. The normalized spacial score (nSPS) is 13.5. The average Bonchev–Trinajstić information content (AvgIpc) is 2.58. The number of amides is 1. The van der Waals surface area contributed by atoms with Gasteiger partial charge in [-0.05, 0) is 62.6 Å². The smallest absolute Gasteiger partial charge is 0.407 e. The van der Waals surface area contributed by atoms with Gasteiger partial charge in [0.15, 0.2) is 0 Å². The lowest BCUT2D eigenvalue weighted by Crippen LogP contribution is -2.49. The zero-order valence-corrected chi connectivity index (χ0v) is 17.4. The number of hydrogen-bond donors (Lipinski definition) is 4. The Balaban J connectivity index is 2.05. The Labute approximate surface area is 175 Å². The van der Waals surface area contributed by atoms with E-state index in [2.05, 4.69) is 10.6 Å². The van der Waals surface area contributed by atoms with Crippen molar-refractivity contribution < 1.29 is 23.4 Å². The Kier molecular flexibility index (Phi) is 8.14. The lowest BCUT2D eigenvalue weighted by Gasteiger charge is -2.27. The molecule has 2 rings (SSSR count). The maximum Gasteiger partial charge on any atom is 0.407 e. The van der Waals surface area contributed by atoms with Gasteiger partial charge in [0.1, 0.15) is 17.2 Å². The maximum atomic E-state index is 13.6. The summed E-state index contributed by atoms with van der Waals surface area (Å²) < 4.78 is 32.3. The number of rotatable bonds is 8. The number of nitrogen functional groups attached to an aromatic ring is 1. The van der Waals surface area contributed by atoms with Gasteiger partial charge in [-0.1, -0.05) is 12.1 Å². The number of aliphatic hydroxyl groups is 1. The van der Waals surface area contributed by atoms with Gasteiger partial charge >= 0.3 is 6.09 Å². The third-order valence-corrected chi connectivity index (χ3v) is 4.18. The van der Waals surface area contributed by atoms with Gasteiger partial charge in [0.2, 0.25) is 0 Å². The van der Waals surface area contributed by atoms with E-state index < -0.39 is 35.5 Å². The monoisotopic (exact) mass is 421 g/mol. The minimum atomic E-state index is -1.04. The van der Waals surface area contributed by atoms with Gasteiger partial charge in [-0.15, -0.1) is 0 Å². The summed E-state index contributed by atoms with van der Waals surface area (Å²) in [7, 11) is 0. The molecule has 0 aromatic heterocycles. The molecule has 0 heterocycles. The summed E-state index contributed by atoms with van der Waals surface area (Å²) >= 11 is 0. The molecule has 6 nitrogen and oxygen atoms in total. The molecule has 0 radical (unpaired) electrons. The molecule has 5 N–H and O–H groups in total. The Morgan fingerprint density at radius 3 is 2.40 bits per heavy atom. The van der Waals surface area contributed by atoms with Crippen LogP contribution in [0, 0.1) is 11.6 Å². The minimum absolute atomic E-state index is 0.0229. The van der Waals surface area contributed by atoms with E-state index in [9.17, 15) is 18.7 Å². The topological polar surface area (TPSA) is 96.6 Å². The zero-order valence-electron chi connectivity index (χ0n) is 17.4. The second-order valence-corrected chi connectivity index (χ2v) is 8.18. The number of aliphatic hydroxyl groups excluding tert-OH is 1. The average molecular weight is 421 g/mol. The van der Waals surface area contributed by atoms with Crippen LogP contribution in [0.15, 0.2) is 42.5 Å². The highest BCUT2D eigenvalue weighted by Crippen LogP contribution is 2.13. The molecule has 2 atom stereocenters. The lowest BCUT2D eigenvalue weighted by molar-refractivity contribution is 0.0422. The molecule has 0 bridgehead atoms. The first-order valence-corrected chi connectivity index (χ1v) is 9.69. The zero-order chi connectivity index (χ0) is 22.3. The van der Waals surface area contributed by atoms with Crippen molar-refractivity contribution in [3.63, 3.8) is 0 Å². The van der Waals surface area contributed by atoms with Gasteiger partial charge in [-0.2, -0.15) is 0 Å². The molecular weight excluding hydrogens is 392 g/mol. The molecule has 0 spiro atoms. The fraction of sp³-hybridized carbons (Fsp3) is 0.409. The van der Waals surface area contributed by atoms with Crippen molar-refractivity contribution >= 4 is 11.8 Å². The molecule has 0 aliphatic heterocycles. The predicted octanol–water partition coefficient (Wildman–Crippen LogP) is 3.13. The van der Waals surface area contributed by atoms with Crippen molar-refractivity contribution in [3.05, 3.63) is 65.2 Å². The van der Waals surface area contributed by atoms with Crippen LogP contribution in [0.2, 0.25) is 0 Å². The first kappa shape index (κ1) is 23.6. The molecule has 2 aromatic rings. The molecule has 0 saturated heterocycles. The van der Waals surface area contributed by atoms with Crippen molar-refractivity contribution in [3.8, 4) is 0 Å². The van der Waals surface area contributed by atoms with Gasteiger partial charge in [0.25, 0.3) is 0 Å². The minimum Gasteiger partial charge on any atom is -0.444 e. The fourth-order valence-electron chi connectivity index (χ4n) is 2.93. The van der Waals surface area contributed by atoms with Gasteiger partial charge in [0.05, 0.1) is 12.1 Å². The van der Waals surface area contributed by atoms with Crippen LogP contribution in [-0.4, -0.2) is 35.5 Å². The second kappa shape index (κ2) is 10.4. The Morgan fingerprint density at radius 2 is 1.80 bits per heavy atom. The van der Waals surface area contributed by atoms with Crippen molar-refractivity contribution in [2.45, 2.75) is 51.5 Å². The molecule has 0 fully saturated rings. The molecule has 0 aliphatic carbocycles. The number of nitrogens with one attached hydrogen (secondary N) is 2. The van der Waals surface area contributed by atoms with Crippen LogP contribution in [0.4, 0.5) is 19.3 Å². The number of alkyl carbamates (subject to hydrolysis) is 1. The number of hydrogen-bond acceptors (Lipinski definition) is 5. The number of carbonyl (C=O) groups excluding carboxylic acids is 1. The number of benzene rings is 2. The van der Waals surface area contributed by atoms with E-state index in [-0.39, 0.29) is 13.0 Å². The molecule has 0 unspecified atom stereocenters. The first-order valence-electron chi connectivity index (χ1n) is 9.69. The Morgan fingerprint density at radius 1 is 1.13 bits per heavy atom. The van der Waals surface area contributed by atoms with E-state index in [1.54, 1.807) is 26.8 Å². The predicted molar refractivity (Wildman–Crippen MR) is 112 cm³/mol. The van der Waals surface area contributed by atoms with Crippen LogP contribution in [0.3, 0.4) is 0 Å². The molecule has 30 heavy (non-hydrogen) atoms. The van der Waals surface area contributed by atoms with Gasteiger partial charge in [-0.25, -0.2) is 13.6 Å². The Bertz CT molecular complexity index is 836. The number of halogens is 2. The van der Waals surface area contributed by atoms with Crippen LogP contribution in [0.1, 0.15) is 31.9 Å². The fourth-order valence-corrected chi connectivity index (χ4v) is 2.93. The Hall–Kier alpha value is -2.71. The summed E-state index contributed by atoms with van der Waals surface area (Å²) in [6, 6.07) is 9.58. The number of nitrogens with two attached hydrogens (primary N) is 1. The quantitative estimate of drug-likeness (QED) is 0.491. The van der Waals surface area contributed by atoms with E-state index in [1.165, 1.54) is 12.1 Å². The lowest BCUT2D eigenvalue weighted by atomic mass is 10.0. The maximum absolute atomic E-state index is 13.6. The van der Waals surface area contributed by atoms with Crippen molar-refractivity contribution in [2.75, 3.05) is 12.3 Å². The van der Waals surface area contributed by atoms with Crippen LogP contribution < -0.4 is 16.4 Å². The summed E-state index contributed by atoms with van der Waals surface area (Å²) in [5, 5.41) is 16.3. The molecule has 0 aliphatic rings. The van der Waals surface area contributed by atoms with Crippen LogP contribution >= 0.6 is 0 Å². The summed E-state index contributed by atoms with van der Waals surface area (Å²) in [5.41, 5.74) is 6.90. The molecule has 164 valence electrons. The van der Waals surface area contributed by atoms with Crippen molar-refractivity contribution in [1.82, 2.24) is 10.6 Å². The summed E-state index contributed by atoms with van der Waals surface area (Å²) in [4.78, 5) is 12.2. The molecular formula is C22H29F2N3O3. The van der Waals surface area contributed by atoms with Gasteiger partial charge in [-0.3, -0.25) is 0 Å². The van der Waals surface area contributed by atoms with Gasteiger partial charge < -0.3 is 26.2 Å². The SMILES string of the molecule is CC(C)(C)OC(=O)N[C@@H](Cc1cc(F)cc(F)c1)[C@H](O)CNCc1cccc(N)c1. The third kappa shape index (κ3) is 8.34. The van der Waals surface area contributed by atoms with E-state index in [1.807, 2.05) is 18.2 Å². The first-order chi connectivity index (χ1) is 14.0. The van der Waals surface area contributed by atoms with E-state index >= 15 is 0 Å². The largest absolute Gasteiger partial charge is 0.444 e. The number of anilines is 1.